The second kappa shape index (κ2) is 7.70. The third-order valence-electron chi connectivity index (χ3n) is 7.49. The summed E-state index contributed by atoms with van der Waals surface area (Å²) in [5, 5.41) is 4.55. The van der Waals surface area contributed by atoms with Gasteiger partial charge < -0.3 is 15.0 Å². The van der Waals surface area contributed by atoms with E-state index in [4.69, 9.17) is 16.3 Å². The van der Waals surface area contributed by atoms with E-state index in [0.29, 0.717) is 12.0 Å². The minimum absolute atomic E-state index is 0.103. The lowest BCUT2D eigenvalue weighted by Crippen LogP contribution is -2.48. The summed E-state index contributed by atoms with van der Waals surface area (Å²) in [6.07, 6.45) is 3.89. The number of halogens is 1. The highest BCUT2D eigenvalue weighted by Crippen LogP contribution is 2.60. The van der Waals surface area contributed by atoms with Crippen molar-refractivity contribution in [2.45, 2.75) is 49.7 Å². The molecular formula is C25H31ClN2O. The minimum atomic E-state index is 0.103. The molecule has 0 aromatic heterocycles. The number of nitrogens with one attached hydrogen (secondary N) is 1. The molecule has 1 N–H and O–H groups in total. The van der Waals surface area contributed by atoms with Crippen molar-refractivity contribution in [3.8, 4) is 0 Å². The number of rotatable bonds is 6. The van der Waals surface area contributed by atoms with Crippen LogP contribution in [0.2, 0.25) is 5.02 Å². The minimum Gasteiger partial charge on any atom is -0.380 e. The number of piperidine rings is 1. The average Bonchev–Trinajstić information content (AvgIpc) is 3.24. The van der Waals surface area contributed by atoms with Gasteiger partial charge in [-0.05, 0) is 73.7 Å². The number of hydrogen-bond donors (Lipinski definition) is 1. The number of hydrogen-bond acceptors (Lipinski definition) is 3. The van der Waals surface area contributed by atoms with Crippen LogP contribution in [0.4, 0.5) is 0 Å². The molecule has 1 fully saturated rings. The number of likely N-dealkylation sites (tertiary alicyclic amines) is 1. The van der Waals surface area contributed by atoms with Gasteiger partial charge in [0.05, 0.1) is 6.10 Å². The third-order valence-corrected chi connectivity index (χ3v) is 7.72. The molecule has 1 saturated heterocycles. The molecule has 154 valence electrons. The van der Waals surface area contributed by atoms with E-state index in [2.05, 4.69) is 59.6 Å². The van der Waals surface area contributed by atoms with Gasteiger partial charge in [-0.15, -0.1) is 0 Å². The van der Waals surface area contributed by atoms with Gasteiger partial charge in [0.25, 0.3) is 0 Å². The summed E-state index contributed by atoms with van der Waals surface area (Å²) in [5.74, 6) is 0.535. The number of fused-ring (bicyclic) bond motifs is 8. The van der Waals surface area contributed by atoms with Crippen LogP contribution in [0.1, 0.15) is 54.4 Å². The van der Waals surface area contributed by atoms with Crippen molar-refractivity contribution >= 4 is 11.6 Å². The topological polar surface area (TPSA) is 24.5 Å². The molecule has 3 atom stereocenters. The summed E-state index contributed by atoms with van der Waals surface area (Å²) >= 11 is 6.45. The van der Waals surface area contributed by atoms with Crippen molar-refractivity contribution < 1.29 is 4.74 Å². The largest absolute Gasteiger partial charge is 0.380 e. The predicted octanol–water partition coefficient (Wildman–Crippen LogP) is 4.56. The van der Waals surface area contributed by atoms with Gasteiger partial charge in [0.15, 0.2) is 0 Å². The summed E-state index contributed by atoms with van der Waals surface area (Å²) in [5.41, 5.74) is 6.15. The van der Waals surface area contributed by atoms with Gasteiger partial charge in [0.2, 0.25) is 0 Å². The highest BCUT2D eigenvalue weighted by molar-refractivity contribution is 6.30. The number of nitrogens with zero attached hydrogens (tertiary/aromatic N) is 1. The van der Waals surface area contributed by atoms with E-state index in [1.807, 2.05) is 0 Å². The van der Waals surface area contributed by atoms with Gasteiger partial charge in [0.1, 0.15) is 0 Å². The molecule has 1 heterocycles. The molecule has 4 heteroatoms. The lowest BCUT2D eigenvalue weighted by molar-refractivity contribution is 0.106. The van der Waals surface area contributed by atoms with Crippen LogP contribution in [-0.2, 0) is 10.2 Å². The van der Waals surface area contributed by atoms with Crippen LogP contribution in [0.3, 0.4) is 0 Å². The van der Waals surface area contributed by atoms with E-state index in [0.717, 1.165) is 31.2 Å². The molecular weight excluding hydrogens is 380 g/mol. The van der Waals surface area contributed by atoms with Crippen molar-refractivity contribution in [1.82, 2.24) is 10.2 Å². The zero-order valence-corrected chi connectivity index (χ0v) is 18.2. The smallest absolute Gasteiger partial charge is 0.0667 e. The summed E-state index contributed by atoms with van der Waals surface area (Å²) in [4.78, 5) is 2.69. The first-order valence-corrected chi connectivity index (χ1v) is 11.4. The molecule has 29 heavy (non-hydrogen) atoms. The van der Waals surface area contributed by atoms with E-state index in [9.17, 15) is 0 Å². The fourth-order valence-corrected chi connectivity index (χ4v) is 6.08. The Morgan fingerprint density at radius 2 is 1.90 bits per heavy atom. The zero-order valence-electron chi connectivity index (χ0n) is 17.5. The van der Waals surface area contributed by atoms with Crippen LogP contribution in [0.15, 0.2) is 42.5 Å². The van der Waals surface area contributed by atoms with Gasteiger partial charge >= 0.3 is 0 Å². The molecule has 2 aliphatic carbocycles. The highest BCUT2D eigenvalue weighted by Gasteiger charge is 2.53. The molecule has 2 unspecified atom stereocenters. The first-order valence-electron chi connectivity index (χ1n) is 11.0. The first-order chi connectivity index (χ1) is 14.1. The molecule has 1 aliphatic heterocycles. The quantitative estimate of drug-likeness (QED) is 0.755. The Morgan fingerprint density at radius 3 is 2.69 bits per heavy atom. The molecule has 0 saturated carbocycles. The van der Waals surface area contributed by atoms with E-state index in [-0.39, 0.29) is 11.5 Å². The lowest BCUT2D eigenvalue weighted by Gasteiger charge is -2.40. The first kappa shape index (κ1) is 19.6. The average molecular weight is 411 g/mol. The molecule has 2 aromatic carbocycles. The van der Waals surface area contributed by atoms with E-state index in [1.54, 1.807) is 7.11 Å². The van der Waals surface area contributed by atoms with Gasteiger partial charge in [-0.25, -0.2) is 0 Å². The maximum Gasteiger partial charge on any atom is 0.0667 e. The standard InChI is InChI=1S/C25H31ClN2O/c1-17(29-2)15-27-19-9-11-28(12-10-19)16-25-14-22(20-5-3-4-6-23(20)25)21-8-7-18(26)13-24(21)25/h3-8,13,17,19,22,27H,9-12,14-16H2,1-2H3/t17-,22?,25?/m1/s1. The van der Waals surface area contributed by atoms with Crippen molar-refractivity contribution in [1.29, 1.82) is 0 Å². The Balaban J connectivity index is 1.35. The van der Waals surface area contributed by atoms with Crippen molar-refractivity contribution in [3.05, 3.63) is 69.7 Å². The fourth-order valence-electron chi connectivity index (χ4n) is 5.91. The van der Waals surface area contributed by atoms with Crippen molar-refractivity contribution in [2.75, 3.05) is 33.3 Å². The third kappa shape index (κ3) is 3.33. The zero-order chi connectivity index (χ0) is 20.0. The molecule has 2 bridgehead atoms. The van der Waals surface area contributed by atoms with Crippen molar-refractivity contribution in [3.63, 3.8) is 0 Å². The van der Waals surface area contributed by atoms with Crippen LogP contribution in [0, 0.1) is 0 Å². The van der Waals surface area contributed by atoms with E-state index >= 15 is 0 Å². The highest BCUT2D eigenvalue weighted by atomic mass is 35.5. The monoisotopic (exact) mass is 410 g/mol. The van der Waals surface area contributed by atoms with Gasteiger partial charge in [-0.3, -0.25) is 0 Å². The summed E-state index contributed by atoms with van der Waals surface area (Å²) in [6.45, 7) is 6.48. The van der Waals surface area contributed by atoms with Gasteiger partial charge in [0, 0.05) is 42.6 Å². The fraction of sp³-hybridized carbons (Fsp3) is 0.520. The van der Waals surface area contributed by atoms with Crippen LogP contribution >= 0.6 is 11.6 Å². The second-order valence-corrected chi connectivity index (χ2v) is 9.60. The van der Waals surface area contributed by atoms with Gasteiger partial charge in [-0.2, -0.15) is 0 Å². The Kier molecular flexibility index (Phi) is 5.19. The molecule has 3 nitrogen and oxygen atoms in total. The Morgan fingerprint density at radius 1 is 1.14 bits per heavy atom. The maximum atomic E-state index is 6.45. The van der Waals surface area contributed by atoms with Gasteiger partial charge in [-0.1, -0.05) is 41.9 Å². The molecule has 3 aliphatic rings. The molecule has 5 rings (SSSR count). The normalized spacial score (nSPS) is 27.1. The summed E-state index contributed by atoms with van der Waals surface area (Å²) in [6, 6.07) is 16.3. The number of methoxy groups -OCH3 is 1. The Labute approximate surface area is 179 Å². The summed E-state index contributed by atoms with van der Waals surface area (Å²) < 4.78 is 5.38. The SMILES string of the molecule is CO[C@H](C)CNC1CCN(CC23CC(c4ccccc42)c2ccc(Cl)cc23)CC1. The number of benzene rings is 2. The number of ether oxygens (including phenoxy) is 1. The van der Waals surface area contributed by atoms with Crippen LogP contribution < -0.4 is 5.32 Å². The molecule has 0 radical (unpaired) electrons. The molecule has 0 amide bonds. The van der Waals surface area contributed by atoms with Crippen molar-refractivity contribution in [2.24, 2.45) is 0 Å². The maximum absolute atomic E-state index is 6.45. The summed E-state index contributed by atoms with van der Waals surface area (Å²) in [7, 11) is 1.78. The van der Waals surface area contributed by atoms with E-state index < -0.39 is 0 Å². The van der Waals surface area contributed by atoms with Crippen LogP contribution in [0.25, 0.3) is 0 Å². The van der Waals surface area contributed by atoms with Crippen LogP contribution in [0.5, 0.6) is 0 Å². The lowest BCUT2D eigenvalue weighted by atomic mass is 9.74. The molecule has 0 spiro atoms. The van der Waals surface area contributed by atoms with E-state index in [1.165, 1.54) is 41.5 Å². The second-order valence-electron chi connectivity index (χ2n) is 9.16. The Hall–Kier alpha value is -1.39. The predicted molar refractivity (Wildman–Crippen MR) is 119 cm³/mol. The van der Waals surface area contributed by atoms with Crippen LogP contribution in [-0.4, -0.2) is 50.3 Å². The Bertz CT molecular complexity index is 892. The molecule has 2 aromatic rings.